The predicted molar refractivity (Wildman–Crippen MR) is 107 cm³/mol. The van der Waals surface area contributed by atoms with E-state index in [-0.39, 0.29) is 18.7 Å². The molecule has 0 heterocycles. The van der Waals surface area contributed by atoms with Crippen LogP contribution in [0.15, 0.2) is 24.3 Å². The summed E-state index contributed by atoms with van der Waals surface area (Å²) in [5, 5.41) is 15.1. The molecule has 0 radical (unpaired) electrons. The maximum Gasteiger partial charge on any atom is 0.220 e. The van der Waals surface area contributed by atoms with Gasteiger partial charge in [-0.05, 0) is 92.2 Å². The van der Waals surface area contributed by atoms with Gasteiger partial charge in [0.05, 0.1) is 0 Å². The average molecular weight is 403 g/mol. The lowest BCUT2D eigenvalue weighted by atomic mass is 9.49. The summed E-state index contributed by atoms with van der Waals surface area (Å²) in [6.07, 6.45) is 9.52. The summed E-state index contributed by atoms with van der Waals surface area (Å²) in [6.45, 7) is 0.658. The van der Waals surface area contributed by atoms with Gasteiger partial charge in [0, 0.05) is 29.9 Å². The Balaban J connectivity index is 1.26. The molecule has 4 aliphatic rings. The van der Waals surface area contributed by atoms with Gasteiger partial charge in [-0.3, -0.25) is 4.79 Å². The molecule has 1 amide bonds. The Morgan fingerprint density at radius 3 is 2.18 bits per heavy atom. The number of hydrogen-bond donors (Lipinski definition) is 1. The molecule has 4 nitrogen and oxygen atoms in total. The smallest absolute Gasteiger partial charge is 0.220 e. The number of hydrogen-bond acceptors (Lipinski definition) is 3. The number of benzene rings is 1. The summed E-state index contributed by atoms with van der Waals surface area (Å²) >= 11 is 5.87. The lowest BCUT2D eigenvalue weighted by Crippen LogP contribution is -2.47. The van der Waals surface area contributed by atoms with Gasteiger partial charge in [0.1, 0.15) is 0 Å². The first-order chi connectivity index (χ1) is 13.4. The molecule has 4 bridgehead atoms. The molecule has 1 N–H and O–H groups in total. The Hall–Kier alpha value is -1.55. The molecule has 0 aliphatic heterocycles. The van der Waals surface area contributed by atoms with Crippen molar-refractivity contribution < 1.29 is 14.7 Å². The Morgan fingerprint density at radius 2 is 1.64 bits per heavy atom. The number of rotatable bonds is 8. The molecule has 152 valence electrons. The van der Waals surface area contributed by atoms with Gasteiger partial charge >= 0.3 is 0 Å². The van der Waals surface area contributed by atoms with E-state index < -0.39 is 11.9 Å². The molecular formula is C23H29ClNO3-. The fourth-order valence-corrected chi connectivity index (χ4v) is 6.63. The van der Waals surface area contributed by atoms with Crippen LogP contribution in [0.4, 0.5) is 0 Å². The molecule has 1 aromatic carbocycles. The van der Waals surface area contributed by atoms with Crippen LogP contribution in [0.3, 0.4) is 0 Å². The molecule has 1 aromatic rings. The van der Waals surface area contributed by atoms with Crippen LogP contribution >= 0.6 is 11.6 Å². The maximum atomic E-state index is 12.4. The minimum absolute atomic E-state index is 0.0359. The molecule has 4 fully saturated rings. The molecule has 0 aromatic heterocycles. The predicted octanol–water partition coefficient (Wildman–Crippen LogP) is 3.36. The summed E-state index contributed by atoms with van der Waals surface area (Å²) in [4.78, 5) is 23.9. The van der Waals surface area contributed by atoms with E-state index in [4.69, 9.17) is 11.6 Å². The van der Waals surface area contributed by atoms with Crippen molar-refractivity contribution in [1.82, 2.24) is 5.32 Å². The highest BCUT2D eigenvalue weighted by molar-refractivity contribution is 6.30. The number of nitrogens with one attached hydrogen (secondary N) is 1. The monoisotopic (exact) mass is 402 g/mol. The van der Waals surface area contributed by atoms with E-state index in [0.29, 0.717) is 17.0 Å². The second-order valence-corrected chi connectivity index (χ2v) is 10.0. The molecule has 5 rings (SSSR count). The number of aliphatic carboxylic acids is 1. The second kappa shape index (κ2) is 8.06. The largest absolute Gasteiger partial charge is 0.550 e. The first kappa shape index (κ1) is 19.8. The molecule has 0 unspecified atom stereocenters. The molecular weight excluding hydrogens is 374 g/mol. The zero-order valence-electron chi connectivity index (χ0n) is 16.3. The Morgan fingerprint density at radius 1 is 1.07 bits per heavy atom. The highest BCUT2D eigenvalue weighted by Crippen LogP contribution is 2.61. The van der Waals surface area contributed by atoms with Crippen LogP contribution in [0.2, 0.25) is 5.02 Å². The van der Waals surface area contributed by atoms with Gasteiger partial charge in [0.15, 0.2) is 0 Å². The van der Waals surface area contributed by atoms with Crippen molar-refractivity contribution in [2.45, 2.75) is 57.8 Å². The third kappa shape index (κ3) is 4.53. The maximum absolute atomic E-state index is 12.4. The van der Waals surface area contributed by atoms with Gasteiger partial charge in [0.2, 0.25) is 5.91 Å². The van der Waals surface area contributed by atoms with Crippen molar-refractivity contribution in [3.8, 4) is 0 Å². The molecule has 4 saturated carbocycles. The van der Waals surface area contributed by atoms with Crippen molar-refractivity contribution in [3.63, 3.8) is 0 Å². The highest BCUT2D eigenvalue weighted by atomic mass is 35.5. The number of carbonyl (C=O) groups excluding carboxylic acids is 2. The van der Waals surface area contributed by atoms with Gasteiger partial charge in [-0.25, -0.2) is 0 Å². The van der Waals surface area contributed by atoms with Crippen LogP contribution in [0.5, 0.6) is 0 Å². The van der Waals surface area contributed by atoms with Crippen molar-refractivity contribution >= 4 is 23.5 Å². The number of halogens is 1. The van der Waals surface area contributed by atoms with E-state index in [9.17, 15) is 14.7 Å². The number of carboxylic acid groups (broad SMARTS) is 1. The fourth-order valence-electron chi connectivity index (χ4n) is 6.50. The summed E-state index contributed by atoms with van der Waals surface area (Å²) in [7, 11) is 0. The van der Waals surface area contributed by atoms with Crippen molar-refractivity contribution in [3.05, 3.63) is 34.9 Å². The summed E-state index contributed by atoms with van der Waals surface area (Å²) in [6, 6.07) is 7.05. The summed E-state index contributed by atoms with van der Waals surface area (Å²) in [5.41, 5.74) is 1.28. The van der Waals surface area contributed by atoms with Crippen LogP contribution in [0.1, 0.15) is 56.9 Å². The van der Waals surface area contributed by atoms with Gasteiger partial charge in [-0.2, -0.15) is 0 Å². The number of carbonyl (C=O) groups is 2. The average Bonchev–Trinajstić information content (AvgIpc) is 2.61. The topological polar surface area (TPSA) is 69.2 Å². The van der Waals surface area contributed by atoms with Crippen LogP contribution in [0.25, 0.3) is 0 Å². The van der Waals surface area contributed by atoms with E-state index in [1.54, 1.807) is 24.3 Å². The van der Waals surface area contributed by atoms with Crippen molar-refractivity contribution in [2.24, 2.45) is 29.1 Å². The third-order valence-electron chi connectivity index (χ3n) is 7.30. The summed E-state index contributed by atoms with van der Waals surface area (Å²) in [5.74, 6) is 0.538. The lowest BCUT2D eigenvalue weighted by Gasteiger charge is -2.57. The zero-order chi connectivity index (χ0) is 19.7. The number of carboxylic acids is 1. The first-order valence-corrected chi connectivity index (χ1v) is 11.0. The van der Waals surface area contributed by atoms with Crippen molar-refractivity contribution in [2.75, 3.05) is 6.54 Å². The van der Waals surface area contributed by atoms with Gasteiger partial charge in [0.25, 0.3) is 0 Å². The van der Waals surface area contributed by atoms with E-state index in [1.165, 1.54) is 38.5 Å². The Kier molecular flexibility index (Phi) is 5.69. The quantitative estimate of drug-likeness (QED) is 0.724. The Labute approximate surface area is 172 Å². The highest BCUT2D eigenvalue weighted by Gasteiger charge is 2.50. The molecule has 4 aliphatic carbocycles. The standard InChI is InChI=1S/C23H30ClNO3/c24-20-3-1-15(2-4-20)10-19(22(27)28)11-21(26)25-6-5-23-12-16-7-17(13-23)9-18(8-16)14-23/h1-4,16-19H,5-14H2,(H,25,26)(H,27,28)/p-1/t16?,17?,18?,19-,23?/m0/s1. The van der Waals surface area contributed by atoms with Crippen LogP contribution in [-0.4, -0.2) is 18.4 Å². The normalized spacial score (nSPS) is 31.5. The molecule has 5 heteroatoms. The van der Waals surface area contributed by atoms with E-state index in [2.05, 4.69) is 5.32 Å². The van der Waals surface area contributed by atoms with Crippen LogP contribution in [-0.2, 0) is 16.0 Å². The second-order valence-electron chi connectivity index (χ2n) is 9.57. The van der Waals surface area contributed by atoms with Crippen molar-refractivity contribution in [1.29, 1.82) is 0 Å². The minimum Gasteiger partial charge on any atom is -0.550 e. The van der Waals surface area contributed by atoms with E-state index >= 15 is 0 Å². The fraction of sp³-hybridized carbons (Fsp3) is 0.652. The van der Waals surface area contributed by atoms with Gasteiger partial charge in [-0.1, -0.05) is 23.7 Å². The third-order valence-corrected chi connectivity index (χ3v) is 7.56. The van der Waals surface area contributed by atoms with Gasteiger partial charge in [-0.15, -0.1) is 0 Å². The molecule has 0 saturated heterocycles. The summed E-state index contributed by atoms with van der Waals surface area (Å²) < 4.78 is 0. The molecule has 28 heavy (non-hydrogen) atoms. The van der Waals surface area contributed by atoms with Crippen LogP contribution in [0, 0.1) is 29.1 Å². The minimum atomic E-state index is -1.17. The first-order valence-electron chi connectivity index (χ1n) is 10.6. The van der Waals surface area contributed by atoms with Gasteiger partial charge < -0.3 is 15.2 Å². The molecule has 1 atom stereocenters. The van der Waals surface area contributed by atoms with E-state index in [1.807, 2.05) is 0 Å². The number of amides is 1. The molecule has 0 spiro atoms. The lowest BCUT2D eigenvalue weighted by molar-refractivity contribution is -0.311. The zero-order valence-corrected chi connectivity index (χ0v) is 17.0. The SMILES string of the molecule is O=C(C[C@H](Cc1ccc(Cl)cc1)C(=O)[O-])NCCC12CC3CC(CC(C3)C1)C2. The Bertz CT molecular complexity index is 695. The van der Waals surface area contributed by atoms with Crippen LogP contribution < -0.4 is 10.4 Å². The van der Waals surface area contributed by atoms with E-state index in [0.717, 1.165) is 29.7 Å².